The monoisotopic (exact) mass is 838 g/mol. The van der Waals surface area contributed by atoms with Gasteiger partial charge in [0.25, 0.3) is 0 Å². The van der Waals surface area contributed by atoms with E-state index in [1.165, 1.54) is 67.8 Å². The molecule has 6 aromatic rings. The summed E-state index contributed by atoms with van der Waals surface area (Å²) in [5.74, 6) is -0.305. The van der Waals surface area contributed by atoms with Crippen LogP contribution in [0.25, 0.3) is 45.4 Å². The Bertz CT molecular complexity index is 2750. The third-order valence-electron chi connectivity index (χ3n) is 8.27. The Labute approximate surface area is 320 Å². The Morgan fingerprint density at radius 3 is 1.47 bits per heavy atom. The third kappa shape index (κ3) is 8.77. The van der Waals surface area contributed by atoms with E-state index in [4.69, 9.17) is 0 Å². The molecule has 0 amide bonds. The fourth-order valence-corrected chi connectivity index (χ4v) is 7.40. The van der Waals surface area contributed by atoms with Crippen molar-refractivity contribution in [3.05, 3.63) is 71.3 Å². The quantitative estimate of drug-likeness (QED) is 0.0795. The number of carbonyl (C=O) groups excluding carboxylic acids is 1. The molecule has 0 aromatic carbocycles. The van der Waals surface area contributed by atoms with Crippen molar-refractivity contribution in [2.24, 2.45) is 19.2 Å². The highest BCUT2D eigenvalue weighted by atomic mass is 32.2. The number of halogens is 6. The van der Waals surface area contributed by atoms with Crippen LogP contribution in [-0.4, -0.2) is 86.4 Å². The molecule has 0 spiro atoms. The Balaban J connectivity index is 0.000000219. The lowest BCUT2D eigenvalue weighted by molar-refractivity contribution is -0.138. The fourth-order valence-electron chi connectivity index (χ4n) is 5.27. The molecule has 6 heterocycles. The van der Waals surface area contributed by atoms with Crippen LogP contribution in [0.1, 0.15) is 47.8 Å². The first-order valence-corrected chi connectivity index (χ1v) is 19.9. The molecule has 6 rings (SSSR count). The zero-order chi connectivity index (χ0) is 42.1. The lowest BCUT2D eigenvalue weighted by Gasteiger charge is -2.09. The fraction of sp³-hybridized carbons (Fsp3) is 0.294. The Morgan fingerprint density at radius 1 is 0.667 bits per heavy atom. The number of imidazole rings is 2. The van der Waals surface area contributed by atoms with Crippen molar-refractivity contribution in [3.63, 3.8) is 0 Å². The minimum absolute atomic E-state index is 0.0123. The number of aryl methyl sites for hydroxylation is 2. The Morgan fingerprint density at radius 2 is 1.09 bits per heavy atom. The number of hydrogen-bond acceptors (Lipinski definition) is 13. The maximum absolute atomic E-state index is 13.0. The van der Waals surface area contributed by atoms with Gasteiger partial charge in [-0.15, -0.1) is 0 Å². The molecule has 6 aromatic heterocycles. The number of hydrazone groups is 1. The van der Waals surface area contributed by atoms with E-state index in [0.717, 1.165) is 12.1 Å². The number of aromatic nitrogens is 8. The molecule has 57 heavy (non-hydrogen) atoms. The van der Waals surface area contributed by atoms with Gasteiger partial charge in [-0.05, 0) is 31.2 Å². The molecule has 0 fully saturated rings. The molecule has 0 atom stereocenters. The lowest BCUT2D eigenvalue weighted by atomic mass is 10.2. The number of nitrogens with zero attached hydrogens (tertiary/aromatic N) is 9. The van der Waals surface area contributed by atoms with Gasteiger partial charge in [0.2, 0.25) is 0 Å². The van der Waals surface area contributed by atoms with Gasteiger partial charge in [-0.3, -0.25) is 14.8 Å². The predicted molar refractivity (Wildman–Crippen MR) is 196 cm³/mol. The number of carbonyl (C=O) groups is 1. The highest BCUT2D eigenvalue weighted by Crippen LogP contribution is 2.34. The standard InChI is InChI=1S/C18H19F3N6O2S.C16H13F3N4O3S/c1-4-24-25-9-11-6-14(30(28,29)5-2)15(22-8-11)17-26-13-7-12(18(19,20)21)10-23-16(13)27(17)3;1-3-27(25,26)12-4-9(8-24)6-20-13(12)15-22-11-5-10(16(17,18)19)7-21-14(11)23(15)2/h6-10,24H,4-5H2,1-3H3;4-8H,3H2,1-2H3/b25-9+;. The van der Waals surface area contributed by atoms with Gasteiger partial charge >= 0.3 is 12.4 Å². The van der Waals surface area contributed by atoms with E-state index in [1.807, 2.05) is 6.92 Å². The van der Waals surface area contributed by atoms with Crippen LogP contribution in [0.5, 0.6) is 0 Å². The van der Waals surface area contributed by atoms with Gasteiger partial charge in [0.05, 0.1) is 38.6 Å². The van der Waals surface area contributed by atoms with Gasteiger partial charge in [-0.2, -0.15) is 31.4 Å². The number of sulfone groups is 2. The molecule has 0 saturated heterocycles. The van der Waals surface area contributed by atoms with E-state index in [9.17, 15) is 48.0 Å². The van der Waals surface area contributed by atoms with E-state index < -0.39 is 43.2 Å². The zero-order valence-electron chi connectivity index (χ0n) is 30.5. The molecule has 0 aliphatic carbocycles. The summed E-state index contributed by atoms with van der Waals surface area (Å²) in [5, 5.41) is 3.95. The number of hydrogen-bond donors (Lipinski definition) is 1. The summed E-state index contributed by atoms with van der Waals surface area (Å²) in [6.07, 6.45) is -3.28. The van der Waals surface area contributed by atoms with Crippen molar-refractivity contribution in [1.29, 1.82) is 0 Å². The van der Waals surface area contributed by atoms with E-state index in [2.05, 4.69) is 40.4 Å². The van der Waals surface area contributed by atoms with Gasteiger partial charge in [-0.1, -0.05) is 13.8 Å². The highest BCUT2D eigenvalue weighted by molar-refractivity contribution is 7.91. The van der Waals surface area contributed by atoms with Gasteiger partial charge in [0.1, 0.15) is 22.4 Å². The predicted octanol–water partition coefficient (Wildman–Crippen LogP) is 5.44. The van der Waals surface area contributed by atoms with Crippen LogP contribution >= 0.6 is 0 Å². The van der Waals surface area contributed by atoms with Crippen molar-refractivity contribution in [1.82, 2.24) is 44.5 Å². The molecule has 0 saturated carbocycles. The normalized spacial score (nSPS) is 12.6. The molecule has 0 unspecified atom stereocenters. The van der Waals surface area contributed by atoms with Crippen molar-refractivity contribution in [2.45, 2.75) is 42.9 Å². The summed E-state index contributed by atoms with van der Waals surface area (Å²) in [7, 11) is -4.46. The van der Waals surface area contributed by atoms with E-state index in [1.54, 1.807) is 0 Å². The van der Waals surface area contributed by atoms with Crippen LogP contribution in [0, 0.1) is 0 Å². The molecule has 302 valence electrons. The zero-order valence-corrected chi connectivity index (χ0v) is 32.2. The first-order valence-electron chi connectivity index (χ1n) is 16.6. The molecule has 0 aliphatic rings. The maximum atomic E-state index is 13.0. The number of pyridine rings is 4. The smallest absolute Gasteiger partial charge is 0.310 e. The summed E-state index contributed by atoms with van der Waals surface area (Å²) >= 11 is 0. The number of fused-ring (bicyclic) bond motifs is 2. The molecule has 15 nitrogen and oxygen atoms in total. The summed E-state index contributed by atoms with van der Waals surface area (Å²) in [6, 6.07) is 4.29. The average molecular weight is 839 g/mol. The van der Waals surface area contributed by atoms with Crippen LogP contribution in [-0.2, 0) is 46.1 Å². The third-order valence-corrected chi connectivity index (χ3v) is 11.8. The second-order valence-electron chi connectivity index (χ2n) is 12.0. The van der Waals surface area contributed by atoms with E-state index in [-0.39, 0.29) is 72.2 Å². The lowest BCUT2D eigenvalue weighted by Crippen LogP contribution is -2.10. The molecule has 23 heteroatoms. The van der Waals surface area contributed by atoms with Crippen LogP contribution < -0.4 is 5.43 Å². The SMILES string of the molecule is CCN/N=C/c1cnc(-c2nc3cc(C(F)(F)F)cnc3n2C)c(S(=O)(=O)CC)c1.CCS(=O)(=O)c1cc(C=O)cnc1-c1nc2cc(C(F)(F)F)cnc2n1C. The number of rotatable bonds is 10. The molecule has 1 N–H and O–H groups in total. The topological polar surface area (TPSA) is 197 Å². The number of aldehydes is 1. The van der Waals surface area contributed by atoms with Gasteiger partial charge in [-0.25, -0.2) is 36.8 Å². The average Bonchev–Trinajstić information content (AvgIpc) is 3.69. The van der Waals surface area contributed by atoms with Crippen LogP contribution in [0.4, 0.5) is 26.3 Å². The number of nitrogens with one attached hydrogen (secondary N) is 1. The molecule has 0 bridgehead atoms. The van der Waals surface area contributed by atoms with Gasteiger partial charge < -0.3 is 14.6 Å². The Hall–Kier alpha value is -5.84. The molecular weight excluding hydrogens is 807 g/mol. The van der Waals surface area contributed by atoms with Gasteiger partial charge in [0.15, 0.2) is 48.9 Å². The minimum Gasteiger partial charge on any atom is -0.310 e. The summed E-state index contributed by atoms with van der Waals surface area (Å²) in [4.78, 5) is 34.9. The number of alkyl halides is 6. The minimum atomic E-state index is -4.58. The van der Waals surface area contributed by atoms with Crippen molar-refractivity contribution in [2.75, 3.05) is 18.1 Å². The van der Waals surface area contributed by atoms with Crippen molar-refractivity contribution in [3.8, 4) is 23.0 Å². The van der Waals surface area contributed by atoms with Crippen molar-refractivity contribution >= 4 is 54.5 Å². The largest absolute Gasteiger partial charge is 0.417 e. The van der Waals surface area contributed by atoms with E-state index >= 15 is 0 Å². The summed E-state index contributed by atoms with van der Waals surface area (Å²) in [5.41, 5.74) is 1.56. The molecule has 0 radical (unpaired) electrons. The second-order valence-corrected chi connectivity index (χ2v) is 16.5. The highest BCUT2D eigenvalue weighted by Gasteiger charge is 2.33. The molecule has 0 aliphatic heterocycles. The van der Waals surface area contributed by atoms with E-state index in [0.29, 0.717) is 30.8 Å². The first-order chi connectivity index (χ1) is 26.7. The van der Waals surface area contributed by atoms with Crippen LogP contribution in [0.15, 0.2) is 63.9 Å². The second kappa shape index (κ2) is 16.0. The summed E-state index contributed by atoms with van der Waals surface area (Å²) < 4.78 is 131. The van der Waals surface area contributed by atoms with Crippen molar-refractivity contribution < 1.29 is 48.0 Å². The van der Waals surface area contributed by atoms with Crippen LogP contribution in [0.2, 0.25) is 0 Å². The summed E-state index contributed by atoms with van der Waals surface area (Å²) in [6.45, 7) is 5.37. The first kappa shape index (κ1) is 42.3. The Kier molecular flexibility index (Phi) is 11.8. The van der Waals surface area contributed by atoms with Gasteiger partial charge in [0, 0.05) is 56.6 Å². The van der Waals surface area contributed by atoms with Crippen LogP contribution in [0.3, 0.4) is 0 Å². The molecular formula is C34H32F6N10O5S2. The maximum Gasteiger partial charge on any atom is 0.417 e.